The van der Waals surface area contributed by atoms with Crippen molar-refractivity contribution < 1.29 is 24.2 Å². The van der Waals surface area contributed by atoms with E-state index in [1.54, 1.807) is 38.6 Å². The van der Waals surface area contributed by atoms with E-state index in [9.17, 15) is 9.90 Å². The molecule has 8 nitrogen and oxygen atoms in total. The molecular formula is C41H47N3O5S. The highest BCUT2D eigenvalue weighted by Gasteiger charge is 2.74. The molecule has 1 spiro atoms. The first-order chi connectivity index (χ1) is 24.2. The minimum absolute atomic E-state index is 0.126. The Morgan fingerprint density at radius 3 is 2.26 bits per heavy atom. The number of carbonyl (C=O) groups is 3. The number of anilines is 2. The van der Waals surface area contributed by atoms with Gasteiger partial charge in [0.05, 0.1) is 35.8 Å². The summed E-state index contributed by atoms with van der Waals surface area (Å²) >= 11 is 1.63. The van der Waals surface area contributed by atoms with Gasteiger partial charge in [-0.3, -0.25) is 14.4 Å². The van der Waals surface area contributed by atoms with Crippen molar-refractivity contribution >= 4 is 40.9 Å². The van der Waals surface area contributed by atoms with Gasteiger partial charge in [0, 0.05) is 29.7 Å². The zero-order valence-electron chi connectivity index (χ0n) is 29.2. The highest BCUT2D eigenvalue weighted by molar-refractivity contribution is 8.02. The first-order valence-corrected chi connectivity index (χ1v) is 18.4. The number of rotatable bonds is 14. The highest BCUT2D eigenvalue weighted by atomic mass is 32.2. The molecule has 3 aliphatic heterocycles. The molecule has 0 aromatic heterocycles. The zero-order valence-corrected chi connectivity index (χ0v) is 30.0. The maximum atomic E-state index is 15.3. The van der Waals surface area contributed by atoms with E-state index in [2.05, 4.69) is 13.2 Å². The zero-order chi connectivity index (χ0) is 35.6. The van der Waals surface area contributed by atoms with Crippen LogP contribution in [0.2, 0.25) is 0 Å². The number of aliphatic hydroxyl groups excluding tert-OH is 1. The van der Waals surface area contributed by atoms with E-state index >= 15 is 9.59 Å². The number of aryl methyl sites for hydroxylation is 2. The summed E-state index contributed by atoms with van der Waals surface area (Å²) < 4.78 is 4.80. The number of hydrogen-bond acceptors (Lipinski definition) is 6. The quantitative estimate of drug-likeness (QED) is 0.204. The second kappa shape index (κ2) is 14.9. The van der Waals surface area contributed by atoms with E-state index in [-0.39, 0.29) is 42.7 Å². The molecule has 3 heterocycles. The molecule has 50 heavy (non-hydrogen) atoms. The summed E-state index contributed by atoms with van der Waals surface area (Å²) in [5.41, 5.74) is 4.33. The molecule has 0 saturated carbocycles. The molecule has 3 fully saturated rings. The molecule has 9 heteroatoms. The van der Waals surface area contributed by atoms with E-state index in [0.717, 1.165) is 22.4 Å². The molecule has 0 aliphatic carbocycles. The second-order valence-corrected chi connectivity index (χ2v) is 15.1. The Labute approximate surface area is 299 Å². The Balaban J connectivity index is 1.45. The largest absolute Gasteiger partial charge is 0.494 e. The number of benzene rings is 3. The normalized spacial score (nSPS) is 24.1. The van der Waals surface area contributed by atoms with Crippen LogP contribution in [-0.2, 0) is 20.8 Å². The number of para-hydroxylation sites is 1. The van der Waals surface area contributed by atoms with Crippen LogP contribution in [0.5, 0.6) is 5.75 Å². The number of carbonyl (C=O) groups excluding carboxylic acids is 3. The van der Waals surface area contributed by atoms with Crippen LogP contribution in [0.15, 0.2) is 98.1 Å². The minimum atomic E-state index is -0.883. The lowest BCUT2D eigenvalue weighted by molar-refractivity contribution is -0.141. The maximum absolute atomic E-state index is 15.3. The fourth-order valence-electron chi connectivity index (χ4n) is 8.50. The van der Waals surface area contributed by atoms with Gasteiger partial charge in [0.1, 0.15) is 11.8 Å². The number of ether oxygens (including phenoxy) is 1. The molecule has 3 saturated heterocycles. The van der Waals surface area contributed by atoms with Gasteiger partial charge in [-0.15, -0.1) is 24.9 Å². The van der Waals surface area contributed by atoms with Gasteiger partial charge < -0.3 is 24.5 Å². The number of aliphatic hydroxyl groups is 1. The van der Waals surface area contributed by atoms with Crippen LogP contribution >= 0.6 is 11.8 Å². The van der Waals surface area contributed by atoms with Gasteiger partial charge in [-0.05, 0) is 81.0 Å². The highest BCUT2D eigenvalue weighted by Crippen LogP contribution is 2.67. The van der Waals surface area contributed by atoms with Gasteiger partial charge in [-0.2, -0.15) is 0 Å². The molecule has 3 amide bonds. The summed E-state index contributed by atoms with van der Waals surface area (Å²) in [6.45, 7) is 14.5. The Kier molecular flexibility index (Phi) is 10.6. The molecule has 2 bridgehead atoms. The Hall–Kier alpha value is -4.34. The van der Waals surface area contributed by atoms with Crippen molar-refractivity contribution in [3.8, 4) is 5.75 Å². The van der Waals surface area contributed by atoms with E-state index in [1.807, 2.05) is 93.6 Å². The molecule has 2 unspecified atom stereocenters. The van der Waals surface area contributed by atoms with Crippen molar-refractivity contribution in [1.29, 1.82) is 0 Å². The monoisotopic (exact) mass is 693 g/mol. The topological polar surface area (TPSA) is 90.4 Å². The molecule has 3 aliphatic rings. The molecule has 3 aromatic carbocycles. The average molecular weight is 694 g/mol. The third-order valence-electron chi connectivity index (χ3n) is 10.5. The van der Waals surface area contributed by atoms with Crippen molar-refractivity contribution in [2.75, 3.05) is 36.1 Å². The summed E-state index contributed by atoms with van der Waals surface area (Å²) in [4.78, 5) is 50.3. The molecule has 6 atom stereocenters. The summed E-state index contributed by atoms with van der Waals surface area (Å²) in [5.74, 6) is -1.26. The summed E-state index contributed by atoms with van der Waals surface area (Å²) in [6.07, 6.45) is 5.11. The smallest absolute Gasteiger partial charge is 0.251 e. The first kappa shape index (κ1) is 35.5. The van der Waals surface area contributed by atoms with E-state index in [4.69, 9.17) is 4.74 Å². The fourth-order valence-corrected chi connectivity index (χ4v) is 10.7. The third-order valence-corrected chi connectivity index (χ3v) is 12.5. The van der Waals surface area contributed by atoms with E-state index < -0.39 is 28.7 Å². The number of amides is 3. The van der Waals surface area contributed by atoms with Crippen LogP contribution in [0.3, 0.4) is 0 Å². The van der Waals surface area contributed by atoms with Crippen LogP contribution in [0.1, 0.15) is 36.5 Å². The van der Waals surface area contributed by atoms with E-state index in [1.165, 1.54) is 0 Å². The minimum Gasteiger partial charge on any atom is -0.494 e. The lowest BCUT2D eigenvalue weighted by Crippen LogP contribution is -2.58. The van der Waals surface area contributed by atoms with Crippen LogP contribution in [0.25, 0.3) is 0 Å². The number of likely N-dealkylation sites (tertiary alicyclic amines) is 1. The van der Waals surface area contributed by atoms with Gasteiger partial charge in [0.25, 0.3) is 5.91 Å². The molecule has 3 aromatic rings. The van der Waals surface area contributed by atoms with Gasteiger partial charge in [0.15, 0.2) is 0 Å². The predicted molar refractivity (Wildman–Crippen MR) is 201 cm³/mol. The SMILES string of the molecule is C=CCN(C(=O)[C@@H]1[C@@H]2CCC3(S2)C(C(=O)N(CC=C)c2c(C)cccc2C)N([C@@H](CO)Cc2ccccc2)C(=O)[C@H]13)c1ccc(OCC)cc1. The second-order valence-electron chi connectivity index (χ2n) is 13.5. The molecule has 262 valence electrons. The standard InChI is InChI=1S/C41H47N3O5S/c1-6-23-42(30-17-19-32(20-18-30)49-8-3)38(46)34-33-21-22-41(50-33)35(34)39(47)44(31(26-45)25-29-15-10-9-11-16-29)37(41)40(48)43(24-7-2)36-27(4)13-12-14-28(36)5/h6-7,9-20,31,33-35,37,45H,1-2,8,21-26H2,3-5H3/t31-,33+,34-,35+,37?,41?/m1/s1. The predicted octanol–water partition coefficient (Wildman–Crippen LogP) is 6.14. The molecular weight excluding hydrogens is 647 g/mol. The van der Waals surface area contributed by atoms with Crippen molar-refractivity contribution in [1.82, 2.24) is 4.90 Å². The average Bonchev–Trinajstić information content (AvgIpc) is 3.77. The number of thioether (sulfide) groups is 1. The van der Waals surface area contributed by atoms with Crippen molar-refractivity contribution in [3.63, 3.8) is 0 Å². The maximum Gasteiger partial charge on any atom is 0.251 e. The summed E-state index contributed by atoms with van der Waals surface area (Å²) in [7, 11) is 0. The van der Waals surface area contributed by atoms with Gasteiger partial charge in [-0.25, -0.2) is 0 Å². The summed E-state index contributed by atoms with van der Waals surface area (Å²) in [5, 5.41) is 10.8. The Morgan fingerprint density at radius 1 is 0.980 bits per heavy atom. The van der Waals surface area contributed by atoms with Gasteiger partial charge in [0.2, 0.25) is 11.8 Å². The summed E-state index contributed by atoms with van der Waals surface area (Å²) in [6, 6.07) is 21.5. The van der Waals surface area contributed by atoms with Crippen LogP contribution in [0.4, 0.5) is 11.4 Å². The fraction of sp³-hybridized carbons (Fsp3) is 0.390. The van der Waals surface area contributed by atoms with Gasteiger partial charge in [-0.1, -0.05) is 60.7 Å². The van der Waals surface area contributed by atoms with Crippen molar-refractivity contribution in [2.24, 2.45) is 11.8 Å². The Bertz CT molecular complexity index is 1730. The number of nitrogens with zero attached hydrogens (tertiary/aromatic N) is 3. The first-order valence-electron chi connectivity index (χ1n) is 17.5. The van der Waals surface area contributed by atoms with Crippen LogP contribution in [-0.4, -0.2) is 76.1 Å². The Morgan fingerprint density at radius 2 is 1.64 bits per heavy atom. The molecule has 1 N–H and O–H groups in total. The van der Waals surface area contributed by atoms with Gasteiger partial charge >= 0.3 is 0 Å². The van der Waals surface area contributed by atoms with Crippen molar-refractivity contribution in [3.05, 3.63) is 115 Å². The van der Waals surface area contributed by atoms with Crippen LogP contribution in [0, 0.1) is 25.7 Å². The van der Waals surface area contributed by atoms with Crippen molar-refractivity contribution in [2.45, 2.75) is 62.1 Å². The number of hydrogen-bond donors (Lipinski definition) is 1. The van der Waals surface area contributed by atoms with E-state index in [0.29, 0.717) is 37.3 Å². The number of fused-ring (bicyclic) bond motifs is 1. The molecule has 0 radical (unpaired) electrons. The third kappa shape index (κ3) is 6.15. The lowest BCUT2D eigenvalue weighted by Gasteiger charge is -2.40. The lowest BCUT2D eigenvalue weighted by atomic mass is 9.70. The van der Waals surface area contributed by atoms with Crippen LogP contribution < -0.4 is 14.5 Å². The molecule has 6 rings (SSSR count).